The van der Waals surface area contributed by atoms with Gasteiger partial charge >= 0.3 is 6.09 Å². The van der Waals surface area contributed by atoms with Gasteiger partial charge in [-0.3, -0.25) is 4.18 Å². The Morgan fingerprint density at radius 3 is 2.48 bits per heavy atom. The van der Waals surface area contributed by atoms with Gasteiger partial charge in [0, 0.05) is 6.54 Å². The summed E-state index contributed by atoms with van der Waals surface area (Å²) in [5, 5.41) is 0. The van der Waals surface area contributed by atoms with E-state index in [1.54, 1.807) is 23.1 Å². The van der Waals surface area contributed by atoms with Gasteiger partial charge in [-0.15, -0.1) is 0 Å². The van der Waals surface area contributed by atoms with Crippen LogP contribution < -0.4 is 0 Å². The van der Waals surface area contributed by atoms with Crippen LogP contribution in [0.2, 0.25) is 0 Å². The highest BCUT2D eigenvalue weighted by atomic mass is 32.2. The molecule has 0 N–H and O–H groups in total. The van der Waals surface area contributed by atoms with Gasteiger partial charge in [-0.2, -0.15) is 8.42 Å². The van der Waals surface area contributed by atoms with Crippen molar-refractivity contribution in [1.29, 1.82) is 0 Å². The first-order chi connectivity index (χ1) is 11.6. The van der Waals surface area contributed by atoms with E-state index in [0.717, 1.165) is 6.42 Å². The van der Waals surface area contributed by atoms with Gasteiger partial charge < -0.3 is 9.64 Å². The number of carbonyl (C=O) groups is 1. The van der Waals surface area contributed by atoms with Crippen LogP contribution in [0.3, 0.4) is 0 Å². The van der Waals surface area contributed by atoms with Gasteiger partial charge in [-0.05, 0) is 51.7 Å². The van der Waals surface area contributed by atoms with Crippen molar-refractivity contribution in [3.8, 4) is 0 Å². The van der Waals surface area contributed by atoms with Crippen molar-refractivity contribution in [1.82, 2.24) is 4.90 Å². The van der Waals surface area contributed by atoms with Gasteiger partial charge in [0.1, 0.15) is 5.60 Å². The Morgan fingerprint density at radius 2 is 1.88 bits per heavy atom. The topological polar surface area (TPSA) is 72.9 Å². The van der Waals surface area contributed by atoms with E-state index in [0.29, 0.717) is 18.9 Å². The average Bonchev–Trinajstić information content (AvgIpc) is 2.52. The molecule has 25 heavy (non-hydrogen) atoms. The largest absolute Gasteiger partial charge is 0.444 e. The number of benzene rings is 1. The Kier molecular flexibility index (Phi) is 6.11. The van der Waals surface area contributed by atoms with Crippen molar-refractivity contribution in [2.75, 3.05) is 13.2 Å². The van der Waals surface area contributed by atoms with Crippen molar-refractivity contribution < 1.29 is 22.1 Å². The van der Waals surface area contributed by atoms with Gasteiger partial charge in [0.15, 0.2) is 0 Å². The second kappa shape index (κ2) is 7.74. The molecule has 1 aliphatic rings. The fraction of sp³-hybridized carbons (Fsp3) is 0.611. The molecule has 2 atom stereocenters. The second-order valence-electron chi connectivity index (χ2n) is 7.51. The second-order valence-corrected chi connectivity index (χ2v) is 9.12. The quantitative estimate of drug-likeness (QED) is 0.760. The van der Waals surface area contributed by atoms with Crippen LogP contribution in [0.15, 0.2) is 35.2 Å². The van der Waals surface area contributed by atoms with Crippen LogP contribution in [0.25, 0.3) is 0 Å². The molecule has 2 rings (SSSR count). The van der Waals surface area contributed by atoms with Gasteiger partial charge in [-0.25, -0.2) is 4.79 Å². The van der Waals surface area contributed by atoms with Crippen molar-refractivity contribution >= 4 is 16.2 Å². The molecule has 1 aromatic carbocycles. The average molecular weight is 369 g/mol. The van der Waals surface area contributed by atoms with Crippen LogP contribution in [-0.4, -0.2) is 44.2 Å². The lowest BCUT2D eigenvalue weighted by Gasteiger charge is -2.38. The third-order valence-electron chi connectivity index (χ3n) is 4.05. The fourth-order valence-corrected chi connectivity index (χ4v) is 3.76. The number of hydrogen-bond acceptors (Lipinski definition) is 5. The summed E-state index contributed by atoms with van der Waals surface area (Å²) in [4.78, 5) is 14.1. The minimum Gasteiger partial charge on any atom is -0.444 e. The van der Waals surface area contributed by atoms with E-state index in [1.165, 1.54) is 12.1 Å². The van der Waals surface area contributed by atoms with Crippen LogP contribution in [0.5, 0.6) is 0 Å². The summed E-state index contributed by atoms with van der Waals surface area (Å²) in [6.07, 6.45) is 1.12. The summed E-state index contributed by atoms with van der Waals surface area (Å²) >= 11 is 0. The summed E-state index contributed by atoms with van der Waals surface area (Å²) in [5.74, 6) is 0.395. The lowest BCUT2D eigenvalue weighted by molar-refractivity contribution is -0.00118. The predicted molar refractivity (Wildman–Crippen MR) is 94.7 cm³/mol. The maximum absolute atomic E-state index is 12.4. The lowest BCUT2D eigenvalue weighted by atomic mass is 9.93. The number of nitrogens with zero attached hydrogens (tertiary/aromatic N) is 1. The molecular formula is C18H27NO5S. The Morgan fingerprint density at radius 1 is 1.24 bits per heavy atom. The van der Waals surface area contributed by atoms with Crippen LogP contribution >= 0.6 is 0 Å². The first-order valence-corrected chi connectivity index (χ1v) is 9.93. The molecule has 2 unspecified atom stereocenters. The predicted octanol–water partition coefficient (Wildman–Crippen LogP) is 3.43. The highest BCUT2D eigenvalue weighted by Gasteiger charge is 2.34. The third-order valence-corrected chi connectivity index (χ3v) is 5.35. The van der Waals surface area contributed by atoms with Crippen molar-refractivity contribution in [2.45, 2.75) is 57.1 Å². The van der Waals surface area contributed by atoms with E-state index < -0.39 is 21.8 Å². The van der Waals surface area contributed by atoms with E-state index in [9.17, 15) is 13.2 Å². The lowest BCUT2D eigenvalue weighted by Crippen LogP contribution is -2.49. The number of piperidine rings is 1. The van der Waals surface area contributed by atoms with Crippen LogP contribution in [-0.2, 0) is 19.0 Å². The molecule has 0 radical (unpaired) electrons. The molecule has 6 nitrogen and oxygen atoms in total. The van der Waals surface area contributed by atoms with Crippen molar-refractivity contribution in [2.24, 2.45) is 5.92 Å². The number of carbonyl (C=O) groups excluding carboxylic acids is 1. The highest BCUT2D eigenvalue weighted by Crippen LogP contribution is 2.25. The molecule has 0 spiro atoms. The maximum atomic E-state index is 12.4. The molecule has 0 bridgehead atoms. The van der Waals surface area contributed by atoms with Gasteiger partial charge in [0.25, 0.3) is 10.1 Å². The molecule has 0 saturated carbocycles. The minimum atomic E-state index is -3.84. The fourth-order valence-electron chi connectivity index (χ4n) is 2.79. The molecule has 1 aliphatic heterocycles. The van der Waals surface area contributed by atoms with Crippen LogP contribution in [0.4, 0.5) is 4.79 Å². The summed E-state index contributed by atoms with van der Waals surface area (Å²) in [6.45, 7) is 7.98. The Labute approximate surface area is 150 Å². The number of hydrogen-bond donors (Lipinski definition) is 0. The Balaban J connectivity index is 2.07. The SMILES string of the molecule is CC1CCN(C(=O)OC(C)(C)C)C(COS(=O)(=O)c2ccccc2)C1. The van der Waals surface area contributed by atoms with E-state index in [2.05, 4.69) is 6.92 Å². The van der Waals surface area contributed by atoms with Crippen LogP contribution in [0, 0.1) is 5.92 Å². The number of ether oxygens (including phenoxy) is 1. The van der Waals surface area contributed by atoms with Gasteiger partial charge in [-0.1, -0.05) is 25.1 Å². The molecule has 1 heterocycles. The molecule has 140 valence electrons. The normalized spacial score (nSPS) is 21.8. The third kappa shape index (κ3) is 5.71. The summed E-state index contributed by atoms with van der Waals surface area (Å²) in [6, 6.07) is 7.69. The van der Waals surface area contributed by atoms with Gasteiger partial charge in [0.2, 0.25) is 0 Å². The maximum Gasteiger partial charge on any atom is 0.410 e. The van der Waals surface area contributed by atoms with Crippen molar-refractivity contribution in [3.63, 3.8) is 0 Å². The molecule has 1 aromatic rings. The van der Waals surface area contributed by atoms with Crippen LogP contribution in [0.1, 0.15) is 40.5 Å². The standard InChI is InChI=1S/C18H27NO5S/c1-14-10-11-19(17(20)24-18(2,3)4)15(12-14)13-23-25(21,22)16-8-6-5-7-9-16/h5-9,14-15H,10-13H2,1-4H3. The number of likely N-dealkylation sites (tertiary alicyclic amines) is 1. The molecule has 1 saturated heterocycles. The smallest absolute Gasteiger partial charge is 0.410 e. The molecule has 1 amide bonds. The minimum absolute atomic E-state index is 0.0686. The highest BCUT2D eigenvalue weighted by molar-refractivity contribution is 7.86. The summed E-state index contributed by atoms with van der Waals surface area (Å²) < 4.78 is 35.3. The number of rotatable bonds is 4. The van der Waals surface area contributed by atoms with E-state index >= 15 is 0 Å². The first kappa shape index (κ1) is 19.7. The zero-order valence-electron chi connectivity index (χ0n) is 15.3. The van der Waals surface area contributed by atoms with E-state index in [1.807, 2.05) is 20.8 Å². The zero-order chi connectivity index (χ0) is 18.7. The zero-order valence-corrected chi connectivity index (χ0v) is 16.1. The molecule has 1 fully saturated rings. The Hall–Kier alpha value is -1.60. The number of amides is 1. The summed E-state index contributed by atoms with van der Waals surface area (Å²) in [7, 11) is -3.84. The molecule has 0 aromatic heterocycles. The van der Waals surface area contributed by atoms with Gasteiger partial charge in [0.05, 0.1) is 17.5 Å². The first-order valence-electron chi connectivity index (χ1n) is 8.52. The molecular weight excluding hydrogens is 342 g/mol. The Bertz CT molecular complexity index is 681. The van der Waals surface area contributed by atoms with E-state index in [4.69, 9.17) is 8.92 Å². The van der Waals surface area contributed by atoms with Crippen molar-refractivity contribution in [3.05, 3.63) is 30.3 Å². The van der Waals surface area contributed by atoms with E-state index in [-0.39, 0.29) is 17.5 Å². The summed E-state index contributed by atoms with van der Waals surface area (Å²) in [5.41, 5.74) is -0.596. The molecule has 7 heteroatoms. The molecule has 0 aliphatic carbocycles. The monoisotopic (exact) mass is 369 g/mol.